The fourth-order valence-corrected chi connectivity index (χ4v) is 2.91. The van der Waals surface area contributed by atoms with Crippen LogP contribution in [0.15, 0.2) is 18.2 Å². The minimum Gasteiger partial charge on any atom is -0.368 e. The van der Waals surface area contributed by atoms with Crippen molar-refractivity contribution < 1.29 is 8.78 Å². The normalized spacial score (nSPS) is 11.0. The molecule has 7 heteroatoms. The van der Waals surface area contributed by atoms with Crippen molar-refractivity contribution in [2.24, 2.45) is 0 Å². The molecule has 0 aliphatic rings. The number of halogens is 2. The Bertz CT molecular complexity index is 845. The van der Waals surface area contributed by atoms with Crippen LogP contribution < -0.4 is 11.1 Å². The molecule has 0 amide bonds. The molecule has 0 fully saturated rings. The number of nitrogens with zero attached hydrogens (tertiary/aromatic N) is 2. The molecule has 2 aromatic heterocycles. The standard InChI is InChI=1S/C14H12F2N4S/c1-6-3-10(16)11(5-9(6)15)18-12-8-4-7(2)21-13(8)20-14(17)19-12/h3-5H,1-2H3,(H3,17,18,19,20). The summed E-state index contributed by atoms with van der Waals surface area (Å²) in [5.74, 6) is -0.589. The van der Waals surface area contributed by atoms with Gasteiger partial charge < -0.3 is 11.1 Å². The Kier molecular flexibility index (Phi) is 3.21. The van der Waals surface area contributed by atoms with Crippen molar-refractivity contribution in [3.63, 3.8) is 0 Å². The molecule has 3 aromatic rings. The van der Waals surface area contributed by atoms with E-state index in [-0.39, 0.29) is 17.2 Å². The van der Waals surface area contributed by atoms with Crippen LogP contribution in [0.1, 0.15) is 10.4 Å². The third kappa shape index (κ3) is 2.52. The molecule has 1 aromatic carbocycles. The van der Waals surface area contributed by atoms with E-state index in [2.05, 4.69) is 15.3 Å². The molecule has 4 nitrogen and oxygen atoms in total. The van der Waals surface area contributed by atoms with E-state index >= 15 is 0 Å². The average Bonchev–Trinajstić information content (AvgIpc) is 2.76. The van der Waals surface area contributed by atoms with Gasteiger partial charge in [0.1, 0.15) is 22.3 Å². The molecule has 0 aliphatic carbocycles. The number of anilines is 3. The van der Waals surface area contributed by atoms with Gasteiger partial charge in [-0.1, -0.05) is 0 Å². The molecule has 108 valence electrons. The monoisotopic (exact) mass is 306 g/mol. The van der Waals surface area contributed by atoms with E-state index in [1.54, 1.807) is 0 Å². The van der Waals surface area contributed by atoms with Crippen LogP contribution in [0, 0.1) is 25.5 Å². The lowest BCUT2D eigenvalue weighted by molar-refractivity contribution is 0.595. The molecule has 0 atom stereocenters. The van der Waals surface area contributed by atoms with Crippen molar-refractivity contribution >= 4 is 39.0 Å². The van der Waals surface area contributed by atoms with Crippen molar-refractivity contribution in [3.8, 4) is 0 Å². The van der Waals surface area contributed by atoms with Crippen molar-refractivity contribution in [3.05, 3.63) is 40.3 Å². The van der Waals surface area contributed by atoms with Crippen LogP contribution >= 0.6 is 11.3 Å². The zero-order chi connectivity index (χ0) is 15.1. The fraction of sp³-hybridized carbons (Fsp3) is 0.143. The summed E-state index contributed by atoms with van der Waals surface area (Å²) in [5.41, 5.74) is 5.92. The van der Waals surface area contributed by atoms with E-state index in [0.717, 1.165) is 22.4 Å². The van der Waals surface area contributed by atoms with Crippen LogP contribution in [0.2, 0.25) is 0 Å². The summed E-state index contributed by atoms with van der Waals surface area (Å²) in [6.45, 7) is 3.43. The van der Waals surface area contributed by atoms with Gasteiger partial charge in [-0.15, -0.1) is 11.3 Å². The predicted octanol–water partition coefficient (Wildman–Crippen LogP) is 3.91. The van der Waals surface area contributed by atoms with Crippen molar-refractivity contribution in [2.75, 3.05) is 11.1 Å². The smallest absolute Gasteiger partial charge is 0.223 e. The summed E-state index contributed by atoms with van der Waals surface area (Å²) in [7, 11) is 0. The highest BCUT2D eigenvalue weighted by Crippen LogP contribution is 2.31. The molecule has 0 unspecified atom stereocenters. The predicted molar refractivity (Wildman–Crippen MR) is 80.9 cm³/mol. The number of hydrogen-bond acceptors (Lipinski definition) is 5. The van der Waals surface area contributed by atoms with Gasteiger partial charge in [-0.2, -0.15) is 4.98 Å². The van der Waals surface area contributed by atoms with Gasteiger partial charge in [0.25, 0.3) is 0 Å². The van der Waals surface area contributed by atoms with Gasteiger partial charge in [0.2, 0.25) is 5.95 Å². The Hall–Kier alpha value is -2.28. The second-order valence-corrected chi connectivity index (χ2v) is 5.95. The lowest BCUT2D eigenvalue weighted by Crippen LogP contribution is -2.02. The summed E-state index contributed by atoms with van der Waals surface area (Å²) >= 11 is 1.46. The number of aromatic nitrogens is 2. The first-order valence-electron chi connectivity index (χ1n) is 6.20. The van der Waals surface area contributed by atoms with Crippen molar-refractivity contribution in [2.45, 2.75) is 13.8 Å². The molecule has 0 aliphatic heterocycles. The maximum atomic E-state index is 13.9. The first-order valence-corrected chi connectivity index (χ1v) is 7.02. The third-order valence-electron chi connectivity index (χ3n) is 3.03. The van der Waals surface area contributed by atoms with Gasteiger partial charge in [-0.25, -0.2) is 13.8 Å². The lowest BCUT2D eigenvalue weighted by atomic mass is 10.2. The van der Waals surface area contributed by atoms with E-state index in [0.29, 0.717) is 10.6 Å². The zero-order valence-corrected chi connectivity index (χ0v) is 12.2. The molecule has 3 N–H and O–H groups in total. The number of fused-ring (bicyclic) bond motifs is 1. The number of hydrogen-bond donors (Lipinski definition) is 2. The largest absolute Gasteiger partial charge is 0.368 e. The number of aryl methyl sites for hydroxylation is 2. The van der Waals surface area contributed by atoms with E-state index in [1.165, 1.54) is 18.3 Å². The van der Waals surface area contributed by atoms with Crippen LogP contribution in [-0.2, 0) is 0 Å². The van der Waals surface area contributed by atoms with Crippen molar-refractivity contribution in [1.82, 2.24) is 9.97 Å². The maximum Gasteiger partial charge on any atom is 0.223 e. The first-order chi connectivity index (χ1) is 9.94. The highest BCUT2D eigenvalue weighted by molar-refractivity contribution is 7.18. The molecular formula is C14H12F2N4S. The van der Waals surface area contributed by atoms with Crippen LogP contribution in [0.25, 0.3) is 10.2 Å². The number of thiophene rings is 1. The molecular weight excluding hydrogens is 294 g/mol. The summed E-state index contributed by atoms with van der Waals surface area (Å²) in [6, 6.07) is 4.12. The van der Waals surface area contributed by atoms with Crippen LogP contribution in [0.4, 0.5) is 26.2 Å². The minimum absolute atomic E-state index is 0.0151. The molecule has 0 radical (unpaired) electrons. The van der Waals surface area contributed by atoms with Gasteiger partial charge in [0, 0.05) is 10.9 Å². The molecule has 0 saturated carbocycles. The second-order valence-electron chi connectivity index (χ2n) is 4.71. The molecule has 0 saturated heterocycles. The SMILES string of the molecule is Cc1cc2c(Nc3cc(F)c(C)cc3F)nc(N)nc2s1. The van der Waals surface area contributed by atoms with Gasteiger partial charge in [0.15, 0.2) is 0 Å². The molecule has 2 heterocycles. The van der Waals surface area contributed by atoms with Gasteiger partial charge in [0.05, 0.1) is 11.1 Å². The zero-order valence-electron chi connectivity index (χ0n) is 11.4. The highest BCUT2D eigenvalue weighted by Gasteiger charge is 2.13. The number of rotatable bonds is 2. The Balaban J connectivity index is 2.11. The van der Waals surface area contributed by atoms with Gasteiger partial charge in [-0.3, -0.25) is 0 Å². The van der Waals surface area contributed by atoms with Crippen LogP contribution in [0.3, 0.4) is 0 Å². The second kappa shape index (κ2) is 4.92. The number of nitrogens with one attached hydrogen (secondary N) is 1. The Morgan fingerprint density at radius 3 is 2.62 bits per heavy atom. The summed E-state index contributed by atoms with van der Waals surface area (Å²) in [4.78, 5) is 9.94. The minimum atomic E-state index is -0.550. The fourth-order valence-electron chi connectivity index (χ4n) is 2.02. The molecule has 3 rings (SSSR count). The molecule has 0 bridgehead atoms. The van der Waals surface area contributed by atoms with E-state index < -0.39 is 11.6 Å². The quantitative estimate of drug-likeness (QED) is 0.753. The van der Waals surface area contributed by atoms with Gasteiger partial charge in [-0.05, 0) is 31.5 Å². The Labute approximate surface area is 123 Å². The molecule has 21 heavy (non-hydrogen) atoms. The summed E-state index contributed by atoms with van der Waals surface area (Å²) in [6.07, 6.45) is 0. The number of benzene rings is 1. The Morgan fingerprint density at radius 2 is 1.86 bits per heavy atom. The van der Waals surface area contributed by atoms with Crippen LogP contribution in [0.5, 0.6) is 0 Å². The third-order valence-corrected chi connectivity index (χ3v) is 3.98. The number of nitrogens with two attached hydrogens (primary N) is 1. The van der Waals surface area contributed by atoms with E-state index in [9.17, 15) is 8.78 Å². The van der Waals surface area contributed by atoms with E-state index in [4.69, 9.17) is 5.73 Å². The van der Waals surface area contributed by atoms with Crippen LogP contribution in [-0.4, -0.2) is 9.97 Å². The highest BCUT2D eigenvalue weighted by atomic mass is 32.1. The summed E-state index contributed by atoms with van der Waals surface area (Å²) in [5, 5.41) is 3.53. The topological polar surface area (TPSA) is 63.8 Å². The maximum absolute atomic E-state index is 13.9. The van der Waals surface area contributed by atoms with Crippen molar-refractivity contribution in [1.29, 1.82) is 0 Å². The van der Waals surface area contributed by atoms with Gasteiger partial charge >= 0.3 is 0 Å². The molecule has 0 spiro atoms. The summed E-state index contributed by atoms with van der Waals surface area (Å²) < 4.78 is 27.5. The lowest BCUT2D eigenvalue weighted by Gasteiger charge is -2.09. The first kappa shape index (κ1) is 13.7. The number of nitrogen functional groups attached to an aromatic ring is 1. The average molecular weight is 306 g/mol. The Morgan fingerprint density at radius 1 is 1.10 bits per heavy atom. The van der Waals surface area contributed by atoms with E-state index in [1.807, 2.05) is 13.0 Å².